The van der Waals surface area contributed by atoms with Gasteiger partial charge in [-0.15, -0.1) is 0 Å². The van der Waals surface area contributed by atoms with E-state index in [9.17, 15) is 8.78 Å². The molecule has 1 atom stereocenters. The van der Waals surface area contributed by atoms with Crippen LogP contribution in [0.25, 0.3) is 0 Å². The Morgan fingerprint density at radius 2 is 1.75 bits per heavy atom. The van der Waals surface area contributed by atoms with Gasteiger partial charge in [-0.25, -0.2) is 8.78 Å². The topological polar surface area (TPSA) is 15.3 Å². The Labute approximate surface area is 121 Å². The molecular formula is C16H26F2N2. The molecule has 1 aromatic carbocycles. The summed E-state index contributed by atoms with van der Waals surface area (Å²) >= 11 is 0. The molecule has 1 aromatic rings. The molecule has 0 saturated heterocycles. The first-order valence-electron chi connectivity index (χ1n) is 7.35. The highest BCUT2D eigenvalue weighted by Gasteiger charge is 2.15. The van der Waals surface area contributed by atoms with E-state index in [4.69, 9.17) is 0 Å². The summed E-state index contributed by atoms with van der Waals surface area (Å²) in [5.41, 5.74) is 2.46. The van der Waals surface area contributed by atoms with E-state index in [1.807, 2.05) is 0 Å². The second-order valence-corrected chi connectivity index (χ2v) is 5.21. The van der Waals surface area contributed by atoms with Crippen molar-refractivity contribution in [2.24, 2.45) is 0 Å². The van der Waals surface area contributed by atoms with Gasteiger partial charge in [-0.1, -0.05) is 38.1 Å². The van der Waals surface area contributed by atoms with Crippen molar-refractivity contribution in [3.05, 3.63) is 35.4 Å². The number of alkyl halides is 2. The van der Waals surface area contributed by atoms with Crippen LogP contribution >= 0.6 is 0 Å². The smallest absolute Gasteiger partial charge is 0.251 e. The number of likely N-dealkylation sites (N-methyl/N-ethyl adjacent to an activating group) is 1. The second kappa shape index (κ2) is 9.03. The van der Waals surface area contributed by atoms with Gasteiger partial charge in [-0.05, 0) is 37.6 Å². The van der Waals surface area contributed by atoms with E-state index in [1.54, 1.807) is 11.9 Å². The summed E-state index contributed by atoms with van der Waals surface area (Å²) in [4.78, 5) is 1.69. The Balaban J connectivity index is 2.71. The molecule has 114 valence electrons. The largest absolute Gasteiger partial charge is 0.309 e. The fourth-order valence-corrected chi connectivity index (χ4v) is 2.21. The lowest BCUT2D eigenvalue weighted by molar-refractivity contribution is 0.0958. The zero-order valence-corrected chi connectivity index (χ0v) is 12.7. The molecule has 1 rings (SSSR count). The maximum absolute atomic E-state index is 12.4. The molecule has 0 spiro atoms. The molecule has 0 heterocycles. The molecule has 0 radical (unpaired) electrons. The van der Waals surface area contributed by atoms with Gasteiger partial charge >= 0.3 is 0 Å². The molecule has 0 fully saturated rings. The summed E-state index contributed by atoms with van der Waals surface area (Å²) in [5, 5.41) is 3.44. The van der Waals surface area contributed by atoms with E-state index in [1.165, 1.54) is 5.56 Å². The number of nitrogens with one attached hydrogen (secondary N) is 1. The summed E-state index contributed by atoms with van der Waals surface area (Å²) in [6.45, 7) is 5.53. The Hall–Kier alpha value is -1.00. The van der Waals surface area contributed by atoms with Crippen LogP contribution in [0.1, 0.15) is 37.4 Å². The Morgan fingerprint density at radius 3 is 2.25 bits per heavy atom. The minimum Gasteiger partial charge on any atom is -0.309 e. The fourth-order valence-electron chi connectivity index (χ4n) is 2.21. The lowest BCUT2D eigenvalue weighted by Gasteiger charge is -2.25. The molecule has 1 N–H and O–H groups in total. The summed E-state index contributed by atoms with van der Waals surface area (Å²) in [6.07, 6.45) is -0.241. The number of rotatable bonds is 9. The van der Waals surface area contributed by atoms with E-state index in [0.717, 1.165) is 24.9 Å². The quantitative estimate of drug-likeness (QED) is 0.747. The van der Waals surface area contributed by atoms with Gasteiger partial charge < -0.3 is 5.32 Å². The van der Waals surface area contributed by atoms with E-state index in [0.29, 0.717) is 6.54 Å². The summed E-state index contributed by atoms with van der Waals surface area (Å²) < 4.78 is 24.9. The molecule has 0 amide bonds. The van der Waals surface area contributed by atoms with Crippen LogP contribution in [0.15, 0.2) is 24.3 Å². The molecule has 2 nitrogen and oxygen atoms in total. The van der Waals surface area contributed by atoms with Gasteiger partial charge in [0.1, 0.15) is 0 Å². The monoisotopic (exact) mass is 284 g/mol. The third-order valence-corrected chi connectivity index (χ3v) is 3.38. The summed E-state index contributed by atoms with van der Waals surface area (Å²) in [5.74, 6) is 0. The first kappa shape index (κ1) is 17.1. The van der Waals surface area contributed by atoms with Gasteiger partial charge in [0.25, 0.3) is 6.43 Å². The highest BCUT2D eigenvalue weighted by Crippen LogP contribution is 2.16. The summed E-state index contributed by atoms with van der Waals surface area (Å²) in [7, 11) is 1.74. The van der Waals surface area contributed by atoms with Gasteiger partial charge in [-0.2, -0.15) is 0 Å². The van der Waals surface area contributed by atoms with Crippen LogP contribution in [0.2, 0.25) is 0 Å². The van der Waals surface area contributed by atoms with E-state index >= 15 is 0 Å². The lowest BCUT2D eigenvalue weighted by Crippen LogP contribution is -2.35. The highest BCUT2D eigenvalue weighted by molar-refractivity contribution is 5.25. The van der Waals surface area contributed by atoms with Gasteiger partial charge in [0.15, 0.2) is 0 Å². The van der Waals surface area contributed by atoms with Crippen LogP contribution in [0.4, 0.5) is 8.78 Å². The van der Waals surface area contributed by atoms with Crippen LogP contribution in [-0.4, -0.2) is 38.0 Å². The van der Waals surface area contributed by atoms with E-state index < -0.39 is 6.43 Å². The standard InChI is InChI=1S/C16H26F2N2/c1-4-10-19-15(11-20(3)12-16(17)18)14-8-6-13(5-2)7-9-14/h6-9,15-16,19H,4-5,10-12H2,1-3H3. The third kappa shape index (κ3) is 5.97. The number of hydrogen-bond donors (Lipinski definition) is 1. The fraction of sp³-hybridized carbons (Fsp3) is 0.625. The van der Waals surface area contributed by atoms with E-state index in [2.05, 4.69) is 43.4 Å². The molecule has 1 unspecified atom stereocenters. The van der Waals surface area contributed by atoms with Crippen LogP contribution in [0, 0.1) is 0 Å². The van der Waals surface area contributed by atoms with Crippen molar-refractivity contribution < 1.29 is 8.78 Å². The maximum Gasteiger partial charge on any atom is 0.251 e. The van der Waals surface area contributed by atoms with Crippen molar-refractivity contribution in [2.45, 2.75) is 39.2 Å². The van der Waals surface area contributed by atoms with Crippen molar-refractivity contribution in [3.63, 3.8) is 0 Å². The molecule has 4 heteroatoms. The number of hydrogen-bond acceptors (Lipinski definition) is 2. The second-order valence-electron chi connectivity index (χ2n) is 5.21. The minimum absolute atomic E-state index is 0.101. The van der Waals surface area contributed by atoms with Crippen LogP contribution in [0.5, 0.6) is 0 Å². The SMILES string of the molecule is CCCNC(CN(C)CC(F)F)c1ccc(CC)cc1. The average molecular weight is 284 g/mol. The first-order chi connectivity index (χ1) is 9.56. The zero-order chi connectivity index (χ0) is 15.0. The number of benzene rings is 1. The first-order valence-corrected chi connectivity index (χ1v) is 7.35. The Morgan fingerprint density at radius 1 is 1.10 bits per heavy atom. The van der Waals surface area contributed by atoms with Crippen molar-refractivity contribution in [2.75, 3.05) is 26.7 Å². The molecule has 0 aliphatic carbocycles. The molecule has 0 aliphatic heterocycles. The maximum atomic E-state index is 12.4. The van der Waals surface area contributed by atoms with Crippen molar-refractivity contribution >= 4 is 0 Å². The molecule has 0 aliphatic rings. The van der Waals surface area contributed by atoms with Gasteiger partial charge in [0, 0.05) is 12.6 Å². The van der Waals surface area contributed by atoms with Crippen molar-refractivity contribution in [1.82, 2.24) is 10.2 Å². The highest BCUT2D eigenvalue weighted by atomic mass is 19.3. The van der Waals surface area contributed by atoms with Crippen LogP contribution in [0.3, 0.4) is 0 Å². The Bertz CT molecular complexity index is 365. The predicted molar refractivity (Wildman–Crippen MR) is 80.4 cm³/mol. The number of nitrogens with zero attached hydrogens (tertiary/aromatic N) is 1. The molecule has 20 heavy (non-hydrogen) atoms. The number of aryl methyl sites for hydroxylation is 1. The van der Waals surface area contributed by atoms with Crippen LogP contribution < -0.4 is 5.32 Å². The lowest BCUT2D eigenvalue weighted by atomic mass is 10.0. The van der Waals surface area contributed by atoms with E-state index in [-0.39, 0.29) is 12.6 Å². The van der Waals surface area contributed by atoms with Gasteiger partial charge in [0.2, 0.25) is 0 Å². The molecular weight excluding hydrogens is 258 g/mol. The summed E-state index contributed by atoms with van der Waals surface area (Å²) in [6, 6.07) is 8.53. The number of halogens is 2. The average Bonchev–Trinajstić information content (AvgIpc) is 2.42. The minimum atomic E-state index is -2.28. The van der Waals surface area contributed by atoms with Crippen LogP contribution in [-0.2, 0) is 6.42 Å². The Kier molecular flexibility index (Phi) is 7.70. The van der Waals surface area contributed by atoms with Crippen molar-refractivity contribution in [1.29, 1.82) is 0 Å². The zero-order valence-electron chi connectivity index (χ0n) is 12.7. The normalized spacial score (nSPS) is 13.2. The molecule has 0 bridgehead atoms. The van der Waals surface area contributed by atoms with Gasteiger partial charge in [0.05, 0.1) is 6.54 Å². The molecule has 0 aromatic heterocycles. The van der Waals surface area contributed by atoms with Crippen molar-refractivity contribution in [3.8, 4) is 0 Å². The third-order valence-electron chi connectivity index (χ3n) is 3.38. The van der Waals surface area contributed by atoms with Gasteiger partial charge in [-0.3, -0.25) is 4.90 Å². The molecule has 0 saturated carbocycles. The predicted octanol–water partition coefficient (Wildman–Crippen LogP) is 3.49.